The van der Waals surface area contributed by atoms with E-state index >= 15 is 0 Å². The molecule has 0 unspecified atom stereocenters. The second kappa shape index (κ2) is 9.06. The van der Waals surface area contributed by atoms with Crippen molar-refractivity contribution in [1.82, 2.24) is 5.32 Å². The fraction of sp³-hybridized carbons (Fsp3) is 0.588. The van der Waals surface area contributed by atoms with Crippen molar-refractivity contribution >= 4 is 17.7 Å². The fourth-order valence-electron chi connectivity index (χ4n) is 2.76. The van der Waals surface area contributed by atoms with E-state index in [9.17, 15) is 4.79 Å². The molecule has 0 aromatic heterocycles. The first kappa shape index (κ1) is 17.2. The van der Waals surface area contributed by atoms with Crippen molar-refractivity contribution in [2.75, 3.05) is 26.5 Å². The van der Waals surface area contributed by atoms with E-state index in [1.807, 2.05) is 24.3 Å². The van der Waals surface area contributed by atoms with Gasteiger partial charge in [0.1, 0.15) is 11.9 Å². The number of ether oxygens (including phenoxy) is 2. The van der Waals surface area contributed by atoms with Crippen LogP contribution in [0.25, 0.3) is 0 Å². The zero-order chi connectivity index (χ0) is 15.8. The Bertz CT molecular complexity index is 475. The molecule has 0 bridgehead atoms. The summed E-state index contributed by atoms with van der Waals surface area (Å²) in [5.41, 5.74) is 0.955. The molecule has 1 aliphatic carbocycles. The molecule has 0 spiro atoms. The van der Waals surface area contributed by atoms with Crippen LogP contribution in [0.2, 0.25) is 0 Å². The van der Waals surface area contributed by atoms with Crippen molar-refractivity contribution in [3.8, 4) is 5.75 Å². The van der Waals surface area contributed by atoms with Crippen LogP contribution >= 0.6 is 11.8 Å². The smallest absolute Gasteiger partial charge is 0.230 e. The molecule has 1 atom stereocenters. The number of benzene rings is 1. The van der Waals surface area contributed by atoms with Crippen LogP contribution in [0, 0.1) is 0 Å². The van der Waals surface area contributed by atoms with Gasteiger partial charge in [0.25, 0.3) is 0 Å². The summed E-state index contributed by atoms with van der Waals surface area (Å²) < 4.78 is 10.9. The molecule has 0 aliphatic heterocycles. The van der Waals surface area contributed by atoms with Gasteiger partial charge in [-0.25, -0.2) is 0 Å². The molecule has 0 saturated heterocycles. The third-order valence-corrected chi connectivity index (χ3v) is 5.38. The molecule has 1 N–H and O–H groups in total. The maximum absolute atomic E-state index is 12.0. The molecule has 1 amide bonds. The molecule has 122 valence electrons. The van der Waals surface area contributed by atoms with Gasteiger partial charge in [-0.15, -0.1) is 11.8 Å². The molecule has 0 heterocycles. The van der Waals surface area contributed by atoms with E-state index in [2.05, 4.69) is 5.32 Å². The van der Waals surface area contributed by atoms with Crippen molar-refractivity contribution in [1.29, 1.82) is 0 Å². The molecule has 4 nitrogen and oxygen atoms in total. The average molecular weight is 323 g/mol. The van der Waals surface area contributed by atoms with E-state index in [1.54, 1.807) is 26.0 Å². The Labute approximate surface area is 137 Å². The summed E-state index contributed by atoms with van der Waals surface area (Å²) in [5.74, 6) is 1.39. The lowest BCUT2D eigenvalue weighted by molar-refractivity contribution is -0.119. The number of carbonyl (C=O) groups excluding carboxylic acids is 1. The quantitative estimate of drug-likeness (QED) is 0.798. The lowest BCUT2D eigenvalue weighted by Gasteiger charge is -2.19. The van der Waals surface area contributed by atoms with Crippen LogP contribution in [-0.2, 0) is 9.53 Å². The van der Waals surface area contributed by atoms with Crippen LogP contribution in [0.4, 0.5) is 0 Å². The summed E-state index contributed by atoms with van der Waals surface area (Å²) in [6, 6.07) is 7.74. The average Bonchev–Trinajstić information content (AvgIpc) is 3.07. The minimum Gasteiger partial charge on any atom is -0.496 e. The number of nitrogens with one attached hydrogen (secondary N) is 1. The second-order valence-corrected chi connectivity index (χ2v) is 6.78. The first-order valence-corrected chi connectivity index (χ1v) is 8.83. The maximum Gasteiger partial charge on any atom is 0.230 e. The molecule has 22 heavy (non-hydrogen) atoms. The van der Waals surface area contributed by atoms with Gasteiger partial charge in [-0.1, -0.05) is 31.0 Å². The predicted octanol–water partition coefficient (Wildman–Crippen LogP) is 3.17. The molecule has 1 fully saturated rings. The number of carbonyl (C=O) groups is 1. The van der Waals surface area contributed by atoms with Crippen molar-refractivity contribution in [2.24, 2.45) is 0 Å². The van der Waals surface area contributed by atoms with E-state index in [-0.39, 0.29) is 12.0 Å². The molecule has 1 aromatic carbocycles. The first-order chi connectivity index (χ1) is 10.7. The molecule has 1 saturated carbocycles. The summed E-state index contributed by atoms with van der Waals surface area (Å²) in [6.45, 7) is 0.459. The highest BCUT2D eigenvalue weighted by molar-refractivity contribution is 8.00. The van der Waals surface area contributed by atoms with Crippen LogP contribution in [0.5, 0.6) is 5.75 Å². The van der Waals surface area contributed by atoms with Crippen LogP contribution in [0.1, 0.15) is 37.4 Å². The molecule has 5 heteroatoms. The van der Waals surface area contributed by atoms with Gasteiger partial charge in [0.2, 0.25) is 5.91 Å². The first-order valence-electron chi connectivity index (χ1n) is 7.78. The Morgan fingerprint density at radius 1 is 1.32 bits per heavy atom. The van der Waals surface area contributed by atoms with Gasteiger partial charge in [-0.3, -0.25) is 4.79 Å². The van der Waals surface area contributed by atoms with Crippen molar-refractivity contribution in [3.05, 3.63) is 29.8 Å². The zero-order valence-electron chi connectivity index (χ0n) is 13.3. The highest BCUT2D eigenvalue weighted by atomic mass is 32.2. The number of hydrogen-bond donors (Lipinski definition) is 1. The van der Waals surface area contributed by atoms with Crippen LogP contribution in [-0.4, -0.2) is 37.7 Å². The van der Waals surface area contributed by atoms with Gasteiger partial charge in [-0.05, 0) is 18.9 Å². The maximum atomic E-state index is 12.0. The lowest BCUT2D eigenvalue weighted by Crippen LogP contribution is -2.31. The third-order valence-electron chi connectivity index (χ3n) is 4.01. The standard InChI is InChI=1S/C17H25NO3S/c1-20-15-10-6-5-9-14(15)16(21-2)11-18-17(19)12-22-13-7-3-4-8-13/h5-6,9-10,13,16H,3-4,7-8,11-12H2,1-2H3,(H,18,19)/t16-/m1/s1. The number of rotatable bonds is 8. The molecular formula is C17H25NO3S. The van der Waals surface area contributed by atoms with Gasteiger partial charge < -0.3 is 14.8 Å². The van der Waals surface area contributed by atoms with Crippen molar-refractivity contribution in [3.63, 3.8) is 0 Å². The Morgan fingerprint density at radius 2 is 2.05 bits per heavy atom. The summed E-state index contributed by atoms with van der Waals surface area (Å²) in [4.78, 5) is 12.0. The van der Waals surface area contributed by atoms with Gasteiger partial charge in [0, 0.05) is 24.5 Å². The zero-order valence-corrected chi connectivity index (χ0v) is 14.2. The van der Waals surface area contributed by atoms with E-state index in [0.29, 0.717) is 17.5 Å². The van der Waals surface area contributed by atoms with Crippen LogP contribution in [0.3, 0.4) is 0 Å². The highest BCUT2D eigenvalue weighted by Crippen LogP contribution is 2.29. The van der Waals surface area contributed by atoms with Gasteiger partial charge in [0.05, 0.1) is 12.9 Å². The minimum atomic E-state index is -0.198. The van der Waals surface area contributed by atoms with E-state index in [4.69, 9.17) is 9.47 Å². The van der Waals surface area contributed by atoms with Crippen molar-refractivity contribution < 1.29 is 14.3 Å². The molecule has 1 aromatic rings. The van der Waals surface area contributed by atoms with Crippen molar-refractivity contribution in [2.45, 2.75) is 37.0 Å². The monoisotopic (exact) mass is 323 g/mol. The van der Waals surface area contributed by atoms with Gasteiger partial charge in [0.15, 0.2) is 0 Å². The largest absolute Gasteiger partial charge is 0.496 e. The topological polar surface area (TPSA) is 47.6 Å². The van der Waals surface area contributed by atoms with E-state index in [1.165, 1.54) is 25.7 Å². The lowest BCUT2D eigenvalue weighted by atomic mass is 10.1. The van der Waals surface area contributed by atoms with E-state index in [0.717, 1.165) is 11.3 Å². The summed E-state index contributed by atoms with van der Waals surface area (Å²) in [7, 11) is 3.29. The third kappa shape index (κ3) is 4.92. The predicted molar refractivity (Wildman–Crippen MR) is 90.5 cm³/mol. The minimum absolute atomic E-state index is 0.0776. The summed E-state index contributed by atoms with van der Waals surface area (Å²) in [5, 5.41) is 3.63. The molecule has 0 radical (unpaired) electrons. The summed E-state index contributed by atoms with van der Waals surface area (Å²) >= 11 is 1.78. The van der Waals surface area contributed by atoms with Gasteiger partial charge in [-0.2, -0.15) is 0 Å². The number of para-hydroxylation sites is 1. The summed E-state index contributed by atoms with van der Waals surface area (Å²) in [6.07, 6.45) is 4.91. The van der Waals surface area contributed by atoms with Crippen LogP contribution < -0.4 is 10.1 Å². The normalized spacial score (nSPS) is 16.5. The molecule has 2 rings (SSSR count). The molecular weight excluding hydrogens is 298 g/mol. The molecule has 1 aliphatic rings. The number of hydrogen-bond acceptors (Lipinski definition) is 4. The number of amides is 1. The Kier molecular flexibility index (Phi) is 7.06. The highest BCUT2D eigenvalue weighted by Gasteiger charge is 2.18. The van der Waals surface area contributed by atoms with Gasteiger partial charge >= 0.3 is 0 Å². The second-order valence-electron chi connectivity index (χ2n) is 5.49. The Morgan fingerprint density at radius 3 is 2.73 bits per heavy atom. The number of methoxy groups -OCH3 is 2. The fourth-order valence-corrected chi connectivity index (χ4v) is 3.91. The Hall–Kier alpha value is -1.20. The Balaban J connectivity index is 1.81. The van der Waals surface area contributed by atoms with Crippen LogP contribution in [0.15, 0.2) is 24.3 Å². The number of thioether (sulfide) groups is 1. The SMILES string of the molecule is COc1ccccc1[C@@H](CNC(=O)CSC1CCCC1)OC. The van der Waals surface area contributed by atoms with E-state index < -0.39 is 0 Å².